The van der Waals surface area contributed by atoms with Gasteiger partial charge in [0, 0.05) is 35.3 Å². The molecule has 0 radical (unpaired) electrons. The molecule has 0 amide bonds. The number of H-pyrrole nitrogens is 1. The lowest BCUT2D eigenvalue weighted by Crippen LogP contribution is -2.33. The first-order valence-electron chi connectivity index (χ1n) is 11.4. The molecule has 0 unspecified atom stereocenters. The molecule has 1 aliphatic heterocycles. The Kier molecular flexibility index (Phi) is 6.70. The lowest BCUT2D eigenvalue weighted by molar-refractivity contribution is 0.196. The number of aromatic nitrogens is 4. The number of nitrogens with one attached hydrogen (secondary N) is 1. The van der Waals surface area contributed by atoms with E-state index in [1.165, 1.54) is 12.1 Å². The van der Waals surface area contributed by atoms with E-state index in [-0.39, 0.29) is 12.2 Å². The van der Waals surface area contributed by atoms with Gasteiger partial charge in [-0.15, -0.1) is 0 Å². The van der Waals surface area contributed by atoms with Crippen LogP contribution in [0, 0.1) is 5.82 Å². The maximum Gasteiger partial charge on any atom is 0.280 e. The van der Waals surface area contributed by atoms with Crippen molar-refractivity contribution in [3.8, 4) is 17.3 Å². The minimum Gasteiger partial charge on any atom is -0.473 e. The number of halogens is 2. The van der Waals surface area contributed by atoms with Crippen LogP contribution in [0.25, 0.3) is 11.5 Å². The largest absolute Gasteiger partial charge is 0.473 e. The van der Waals surface area contributed by atoms with Crippen molar-refractivity contribution < 1.29 is 13.7 Å². The highest BCUT2D eigenvalue weighted by Gasteiger charge is 2.23. The van der Waals surface area contributed by atoms with E-state index < -0.39 is 5.82 Å². The van der Waals surface area contributed by atoms with Gasteiger partial charge < -0.3 is 13.8 Å². The molecule has 4 aromatic rings. The van der Waals surface area contributed by atoms with Crippen LogP contribution in [0.1, 0.15) is 35.8 Å². The van der Waals surface area contributed by atoms with Crippen molar-refractivity contribution in [1.29, 1.82) is 0 Å². The zero-order chi connectivity index (χ0) is 24.4. The third-order valence-electron chi connectivity index (χ3n) is 6.37. The van der Waals surface area contributed by atoms with Crippen LogP contribution >= 0.6 is 11.6 Å². The Labute approximate surface area is 206 Å². The Hall–Kier alpha value is -3.43. The van der Waals surface area contributed by atoms with E-state index in [1.807, 2.05) is 23.7 Å². The van der Waals surface area contributed by atoms with Gasteiger partial charge in [0.05, 0.1) is 18.8 Å². The number of rotatable bonds is 7. The summed E-state index contributed by atoms with van der Waals surface area (Å²) in [5.74, 6) is 1.80. The minimum absolute atomic E-state index is 0.0930. The van der Waals surface area contributed by atoms with Crippen LogP contribution < -0.4 is 10.3 Å². The van der Waals surface area contributed by atoms with E-state index in [9.17, 15) is 9.18 Å². The summed E-state index contributed by atoms with van der Waals surface area (Å²) < 4.78 is 26.9. The Morgan fingerprint density at radius 1 is 1.23 bits per heavy atom. The Morgan fingerprint density at radius 3 is 2.80 bits per heavy atom. The molecule has 0 bridgehead atoms. The first-order chi connectivity index (χ1) is 17.0. The smallest absolute Gasteiger partial charge is 0.280 e. The average molecular weight is 498 g/mol. The monoisotopic (exact) mass is 497 g/mol. The van der Waals surface area contributed by atoms with E-state index in [0.29, 0.717) is 34.7 Å². The Morgan fingerprint density at radius 2 is 2.06 bits per heavy atom. The number of benzene rings is 1. The highest BCUT2D eigenvalue weighted by molar-refractivity contribution is 6.30. The van der Waals surface area contributed by atoms with Crippen molar-refractivity contribution in [1.82, 2.24) is 24.6 Å². The van der Waals surface area contributed by atoms with E-state index in [0.717, 1.165) is 43.1 Å². The van der Waals surface area contributed by atoms with Crippen LogP contribution in [-0.4, -0.2) is 37.7 Å². The van der Waals surface area contributed by atoms with Gasteiger partial charge in [0.2, 0.25) is 5.88 Å². The molecule has 182 valence electrons. The van der Waals surface area contributed by atoms with Crippen molar-refractivity contribution in [3.05, 3.63) is 86.9 Å². The van der Waals surface area contributed by atoms with E-state index >= 15 is 0 Å². The molecule has 0 spiro atoms. The number of pyridine rings is 1. The SMILES string of the molecule is Cn1c(-c2cc(=O)[nH]o2)cnc1CN1CCC(c2cccc(OCc3ccc(Cl)cc3F)n2)CC1. The lowest BCUT2D eigenvalue weighted by Gasteiger charge is -2.31. The van der Waals surface area contributed by atoms with Gasteiger partial charge in [-0.25, -0.2) is 14.4 Å². The average Bonchev–Trinajstić information content (AvgIpc) is 3.44. The second kappa shape index (κ2) is 10.1. The van der Waals surface area contributed by atoms with Crippen molar-refractivity contribution in [2.24, 2.45) is 7.05 Å². The van der Waals surface area contributed by atoms with Crippen molar-refractivity contribution >= 4 is 11.6 Å². The summed E-state index contributed by atoms with van der Waals surface area (Å²) in [5, 5.41) is 2.67. The molecule has 35 heavy (non-hydrogen) atoms. The van der Waals surface area contributed by atoms with Crippen LogP contribution in [0.2, 0.25) is 5.02 Å². The van der Waals surface area contributed by atoms with Crippen LogP contribution in [0.5, 0.6) is 5.88 Å². The third kappa shape index (κ3) is 5.31. The Balaban J connectivity index is 1.17. The fourth-order valence-corrected chi connectivity index (χ4v) is 4.51. The van der Waals surface area contributed by atoms with Gasteiger partial charge in [-0.2, -0.15) is 5.16 Å². The van der Waals surface area contributed by atoms with Gasteiger partial charge in [0.15, 0.2) is 5.76 Å². The highest BCUT2D eigenvalue weighted by atomic mass is 35.5. The van der Waals surface area contributed by atoms with Crippen molar-refractivity contribution in [3.63, 3.8) is 0 Å². The molecule has 0 aliphatic carbocycles. The van der Waals surface area contributed by atoms with E-state index in [4.69, 9.17) is 20.9 Å². The summed E-state index contributed by atoms with van der Waals surface area (Å²) in [6.07, 6.45) is 3.65. The number of ether oxygens (including phenoxy) is 1. The predicted octanol–water partition coefficient (Wildman–Crippen LogP) is 4.51. The van der Waals surface area contributed by atoms with Gasteiger partial charge in [0.25, 0.3) is 5.56 Å². The second-order valence-corrected chi connectivity index (χ2v) is 9.11. The quantitative estimate of drug-likeness (QED) is 0.404. The summed E-state index contributed by atoms with van der Waals surface area (Å²) in [6, 6.07) is 11.7. The van der Waals surface area contributed by atoms with Crippen LogP contribution in [0.4, 0.5) is 4.39 Å². The number of imidazole rings is 1. The van der Waals surface area contributed by atoms with Gasteiger partial charge >= 0.3 is 0 Å². The molecule has 1 fully saturated rings. The first kappa shape index (κ1) is 23.3. The molecule has 8 nitrogen and oxygen atoms in total. The molecule has 5 rings (SSSR count). The van der Waals surface area contributed by atoms with Crippen molar-refractivity contribution in [2.45, 2.75) is 31.9 Å². The lowest BCUT2D eigenvalue weighted by atomic mass is 9.93. The fourth-order valence-electron chi connectivity index (χ4n) is 4.35. The van der Waals surface area contributed by atoms with Crippen LogP contribution in [-0.2, 0) is 20.2 Å². The van der Waals surface area contributed by atoms with Gasteiger partial charge in [-0.1, -0.05) is 23.7 Å². The van der Waals surface area contributed by atoms with Crippen molar-refractivity contribution in [2.75, 3.05) is 13.1 Å². The second-order valence-electron chi connectivity index (χ2n) is 8.67. The first-order valence-corrected chi connectivity index (χ1v) is 11.8. The summed E-state index contributed by atoms with van der Waals surface area (Å²) in [6.45, 7) is 2.63. The maximum atomic E-state index is 14.0. The van der Waals surface area contributed by atoms with Gasteiger partial charge in [-0.05, 0) is 44.1 Å². The molecule has 0 atom stereocenters. The summed E-state index contributed by atoms with van der Waals surface area (Å²) in [5.41, 5.74) is 1.91. The van der Waals surface area contributed by atoms with Crippen LogP contribution in [0.3, 0.4) is 0 Å². The molecule has 0 saturated carbocycles. The summed E-state index contributed by atoms with van der Waals surface area (Å²) in [7, 11) is 1.92. The molecule has 1 N–H and O–H groups in total. The molecule has 1 aliphatic rings. The summed E-state index contributed by atoms with van der Waals surface area (Å²) in [4.78, 5) is 22.9. The number of hydrogen-bond donors (Lipinski definition) is 1. The number of aromatic amines is 1. The van der Waals surface area contributed by atoms with Crippen LogP contribution in [0.15, 0.2) is 58.0 Å². The zero-order valence-corrected chi connectivity index (χ0v) is 20.0. The molecular formula is C25H25ClFN5O3. The van der Waals surface area contributed by atoms with Gasteiger partial charge in [0.1, 0.15) is 23.9 Å². The standard InChI is InChI=1S/C25H25ClFN5O3/c1-31-21(22-12-24(33)30-35-22)13-28-23(31)14-32-9-7-16(8-10-32)20-3-2-4-25(29-20)34-15-17-5-6-18(26)11-19(17)27/h2-6,11-13,16H,7-10,14-15H2,1H3,(H,30,33). The summed E-state index contributed by atoms with van der Waals surface area (Å²) >= 11 is 5.81. The fraction of sp³-hybridized carbons (Fsp3) is 0.320. The topological polar surface area (TPSA) is 89.2 Å². The highest BCUT2D eigenvalue weighted by Crippen LogP contribution is 2.29. The van der Waals surface area contributed by atoms with Gasteiger partial charge in [-0.3, -0.25) is 9.69 Å². The zero-order valence-electron chi connectivity index (χ0n) is 19.2. The molecular weight excluding hydrogens is 473 g/mol. The normalized spacial score (nSPS) is 14.9. The number of nitrogens with zero attached hydrogens (tertiary/aromatic N) is 4. The molecule has 1 aromatic carbocycles. The molecule has 3 aromatic heterocycles. The molecule has 1 saturated heterocycles. The number of hydrogen-bond acceptors (Lipinski definition) is 6. The van der Waals surface area contributed by atoms with E-state index in [2.05, 4.69) is 20.0 Å². The Bertz CT molecular complexity index is 1370. The minimum atomic E-state index is -0.390. The maximum absolute atomic E-state index is 14.0. The number of piperidine rings is 1. The predicted molar refractivity (Wildman–Crippen MR) is 129 cm³/mol. The van der Waals surface area contributed by atoms with E-state index in [1.54, 1.807) is 24.4 Å². The third-order valence-corrected chi connectivity index (χ3v) is 6.60. The molecule has 10 heteroatoms. The number of likely N-dealkylation sites (tertiary alicyclic amines) is 1. The molecule has 4 heterocycles.